The van der Waals surface area contributed by atoms with Gasteiger partial charge in [-0.05, 0) is 44.0 Å². The highest BCUT2D eigenvalue weighted by molar-refractivity contribution is 5.33. The molecule has 2 nitrogen and oxygen atoms in total. The molecule has 0 bridgehead atoms. The van der Waals surface area contributed by atoms with Gasteiger partial charge in [-0.3, -0.25) is 0 Å². The first-order valence-electron chi connectivity index (χ1n) is 6.15. The minimum Gasteiger partial charge on any atom is -0.494 e. The summed E-state index contributed by atoms with van der Waals surface area (Å²) in [7, 11) is 0. The number of para-hydroxylation sites is 1. The van der Waals surface area contributed by atoms with Crippen LogP contribution in [0.3, 0.4) is 0 Å². The fraction of sp³-hybridized carbons (Fsp3) is 0.571. The molecule has 0 heterocycles. The molecule has 16 heavy (non-hydrogen) atoms. The molecule has 0 aromatic heterocycles. The second-order valence-electron chi connectivity index (χ2n) is 4.39. The van der Waals surface area contributed by atoms with E-state index in [2.05, 4.69) is 31.3 Å². The Labute approximate surface area is 99.0 Å². The fourth-order valence-corrected chi connectivity index (χ4v) is 1.62. The maximum Gasteiger partial charge on any atom is 0.122 e. The van der Waals surface area contributed by atoms with Gasteiger partial charge in [0.15, 0.2) is 0 Å². The molecule has 1 aromatic rings. The van der Waals surface area contributed by atoms with Crippen LogP contribution in [0.15, 0.2) is 24.3 Å². The van der Waals surface area contributed by atoms with Gasteiger partial charge in [-0.2, -0.15) is 0 Å². The Hall–Kier alpha value is -1.02. The number of hydrogen-bond donors (Lipinski definition) is 1. The Morgan fingerprint density at radius 1 is 1.25 bits per heavy atom. The van der Waals surface area contributed by atoms with Crippen molar-refractivity contribution in [2.24, 2.45) is 5.92 Å². The van der Waals surface area contributed by atoms with Crippen LogP contribution in [0.1, 0.15) is 26.3 Å². The molecule has 2 heteroatoms. The van der Waals surface area contributed by atoms with Gasteiger partial charge in [-0.1, -0.05) is 32.0 Å². The van der Waals surface area contributed by atoms with E-state index in [4.69, 9.17) is 4.74 Å². The number of benzene rings is 1. The van der Waals surface area contributed by atoms with E-state index in [0.717, 1.165) is 31.9 Å². The van der Waals surface area contributed by atoms with Crippen molar-refractivity contribution in [3.05, 3.63) is 29.8 Å². The Morgan fingerprint density at radius 3 is 2.69 bits per heavy atom. The van der Waals surface area contributed by atoms with Crippen LogP contribution in [0.4, 0.5) is 0 Å². The average molecular weight is 221 g/mol. The summed E-state index contributed by atoms with van der Waals surface area (Å²) in [6.07, 6.45) is 1.03. The maximum absolute atomic E-state index is 5.59. The molecule has 1 aromatic carbocycles. The van der Waals surface area contributed by atoms with Crippen LogP contribution in [0.25, 0.3) is 0 Å². The summed E-state index contributed by atoms with van der Waals surface area (Å²) >= 11 is 0. The molecule has 1 N–H and O–H groups in total. The average Bonchev–Trinajstić information content (AvgIpc) is 2.26. The Bertz CT molecular complexity index is 297. The molecule has 0 radical (unpaired) electrons. The van der Waals surface area contributed by atoms with Crippen molar-refractivity contribution in [3.63, 3.8) is 0 Å². The van der Waals surface area contributed by atoms with E-state index in [1.807, 2.05) is 19.1 Å². The van der Waals surface area contributed by atoms with Gasteiger partial charge in [0.05, 0.1) is 6.61 Å². The summed E-state index contributed by atoms with van der Waals surface area (Å²) in [5.74, 6) is 1.73. The normalized spacial score (nSPS) is 10.8. The first-order chi connectivity index (χ1) is 7.74. The minimum absolute atomic E-state index is 0.710. The monoisotopic (exact) mass is 221 g/mol. The topological polar surface area (TPSA) is 21.3 Å². The Balaban J connectivity index is 2.40. The van der Waals surface area contributed by atoms with E-state index in [9.17, 15) is 0 Å². The van der Waals surface area contributed by atoms with E-state index in [-0.39, 0.29) is 0 Å². The lowest BCUT2D eigenvalue weighted by Crippen LogP contribution is -2.22. The largest absolute Gasteiger partial charge is 0.494 e. The lowest BCUT2D eigenvalue weighted by molar-refractivity contribution is 0.336. The number of nitrogens with one attached hydrogen (secondary N) is 1. The molecule has 0 aliphatic carbocycles. The molecule has 0 spiro atoms. The van der Waals surface area contributed by atoms with Crippen LogP contribution in [0.2, 0.25) is 0 Å². The van der Waals surface area contributed by atoms with Gasteiger partial charge in [0.25, 0.3) is 0 Å². The highest BCUT2D eigenvalue weighted by Crippen LogP contribution is 2.17. The van der Waals surface area contributed by atoms with Crippen molar-refractivity contribution in [1.29, 1.82) is 0 Å². The van der Waals surface area contributed by atoms with Crippen LogP contribution in [-0.4, -0.2) is 19.7 Å². The predicted molar refractivity (Wildman–Crippen MR) is 69.0 cm³/mol. The van der Waals surface area contributed by atoms with Crippen molar-refractivity contribution in [1.82, 2.24) is 5.32 Å². The minimum atomic E-state index is 0.710. The van der Waals surface area contributed by atoms with Crippen molar-refractivity contribution in [2.75, 3.05) is 19.7 Å². The third kappa shape index (κ3) is 4.67. The zero-order valence-corrected chi connectivity index (χ0v) is 10.6. The van der Waals surface area contributed by atoms with E-state index in [1.54, 1.807) is 0 Å². The highest BCUT2D eigenvalue weighted by atomic mass is 16.5. The third-order valence-corrected chi connectivity index (χ3v) is 2.40. The Morgan fingerprint density at radius 2 is 2.00 bits per heavy atom. The van der Waals surface area contributed by atoms with E-state index in [0.29, 0.717) is 5.92 Å². The first kappa shape index (κ1) is 13.0. The molecule has 0 aliphatic rings. The fourth-order valence-electron chi connectivity index (χ4n) is 1.62. The van der Waals surface area contributed by atoms with Crippen LogP contribution < -0.4 is 10.1 Å². The van der Waals surface area contributed by atoms with Crippen molar-refractivity contribution in [2.45, 2.75) is 27.2 Å². The van der Waals surface area contributed by atoms with Crippen molar-refractivity contribution >= 4 is 0 Å². The summed E-state index contributed by atoms with van der Waals surface area (Å²) in [4.78, 5) is 0. The molecule has 0 atom stereocenters. The molecule has 90 valence electrons. The summed E-state index contributed by atoms with van der Waals surface area (Å²) in [5.41, 5.74) is 1.29. The molecule has 0 unspecified atom stereocenters. The van der Waals surface area contributed by atoms with Crippen LogP contribution in [0.5, 0.6) is 5.75 Å². The predicted octanol–water partition coefficient (Wildman–Crippen LogP) is 2.87. The van der Waals surface area contributed by atoms with Crippen LogP contribution in [0, 0.1) is 5.92 Å². The Kier molecular flexibility index (Phi) is 5.94. The van der Waals surface area contributed by atoms with Crippen LogP contribution in [-0.2, 0) is 6.42 Å². The lowest BCUT2D eigenvalue weighted by atomic mass is 10.1. The number of rotatable bonds is 7. The molecule has 0 saturated heterocycles. The van der Waals surface area contributed by atoms with Gasteiger partial charge in [-0.15, -0.1) is 0 Å². The van der Waals surface area contributed by atoms with Gasteiger partial charge in [0.2, 0.25) is 0 Å². The van der Waals surface area contributed by atoms with Gasteiger partial charge in [-0.25, -0.2) is 0 Å². The molecular formula is C14H23NO. The summed E-state index contributed by atoms with van der Waals surface area (Å²) in [5, 5.41) is 3.45. The SMILES string of the molecule is CCOc1ccccc1CCNCC(C)C. The van der Waals surface area contributed by atoms with Gasteiger partial charge in [0.1, 0.15) is 5.75 Å². The third-order valence-electron chi connectivity index (χ3n) is 2.40. The van der Waals surface area contributed by atoms with Gasteiger partial charge in [0, 0.05) is 0 Å². The number of ether oxygens (including phenoxy) is 1. The first-order valence-corrected chi connectivity index (χ1v) is 6.15. The lowest BCUT2D eigenvalue weighted by Gasteiger charge is -2.11. The van der Waals surface area contributed by atoms with E-state index >= 15 is 0 Å². The summed E-state index contributed by atoms with van der Waals surface area (Å²) in [6, 6.07) is 8.28. The second kappa shape index (κ2) is 7.29. The number of hydrogen-bond acceptors (Lipinski definition) is 2. The standard InChI is InChI=1S/C14H23NO/c1-4-16-14-8-6-5-7-13(14)9-10-15-11-12(2)3/h5-8,12,15H,4,9-11H2,1-3H3. The highest BCUT2D eigenvalue weighted by Gasteiger charge is 2.01. The van der Waals surface area contributed by atoms with E-state index < -0.39 is 0 Å². The summed E-state index contributed by atoms with van der Waals surface area (Å²) in [6.45, 7) is 9.30. The van der Waals surface area contributed by atoms with Gasteiger partial charge < -0.3 is 10.1 Å². The molecule has 0 aliphatic heterocycles. The van der Waals surface area contributed by atoms with Gasteiger partial charge >= 0.3 is 0 Å². The molecule has 1 rings (SSSR count). The van der Waals surface area contributed by atoms with Crippen molar-refractivity contribution in [3.8, 4) is 5.75 Å². The molecule has 0 saturated carbocycles. The molecular weight excluding hydrogens is 198 g/mol. The zero-order chi connectivity index (χ0) is 11.8. The quantitative estimate of drug-likeness (QED) is 0.715. The molecule has 0 fully saturated rings. The van der Waals surface area contributed by atoms with Crippen LogP contribution >= 0.6 is 0 Å². The zero-order valence-electron chi connectivity index (χ0n) is 10.6. The van der Waals surface area contributed by atoms with E-state index in [1.165, 1.54) is 5.56 Å². The second-order valence-corrected chi connectivity index (χ2v) is 4.39. The molecule has 0 amide bonds. The van der Waals surface area contributed by atoms with Crippen molar-refractivity contribution < 1.29 is 4.74 Å². The maximum atomic E-state index is 5.59. The smallest absolute Gasteiger partial charge is 0.122 e. The summed E-state index contributed by atoms with van der Waals surface area (Å²) < 4.78 is 5.59.